The number of carbonyl (C=O) groups is 1. The molecule has 0 unspecified atom stereocenters. The van der Waals surface area contributed by atoms with E-state index in [0.29, 0.717) is 12.1 Å². The van der Waals surface area contributed by atoms with Gasteiger partial charge in [-0.25, -0.2) is 4.98 Å². The molecular formula is C25H28N4O. The van der Waals surface area contributed by atoms with E-state index in [0.717, 1.165) is 41.2 Å². The fourth-order valence-corrected chi connectivity index (χ4v) is 4.67. The number of para-hydroxylation sites is 2. The molecule has 1 saturated heterocycles. The second kappa shape index (κ2) is 8.07. The highest BCUT2D eigenvalue weighted by Gasteiger charge is 2.24. The van der Waals surface area contributed by atoms with Gasteiger partial charge in [-0.15, -0.1) is 0 Å². The van der Waals surface area contributed by atoms with Crippen molar-refractivity contribution in [2.45, 2.75) is 39.2 Å². The third-order valence-electron chi connectivity index (χ3n) is 6.24. The third-order valence-corrected chi connectivity index (χ3v) is 6.24. The summed E-state index contributed by atoms with van der Waals surface area (Å²) in [7, 11) is 0. The van der Waals surface area contributed by atoms with Gasteiger partial charge < -0.3 is 9.47 Å². The second-order valence-electron chi connectivity index (χ2n) is 8.13. The Balaban J connectivity index is 1.69. The Morgan fingerprint density at radius 1 is 0.900 bits per heavy atom. The molecule has 0 atom stereocenters. The zero-order valence-corrected chi connectivity index (χ0v) is 17.6. The zero-order valence-electron chi connectivity index (χ0n) is 17.6. The van der Waals surface area contributed by atoms with Crippen molar-refractivity contribution in [1.82, 2.24) is 18.9 Å². The van der Waals surface area contributed by atoms with Crippen LogP contribution in [0.3, 0.4) is 0 Å². The van der Waals surface area contributed by atoms with Crippen LogP contribution in [0.2, 0.25) is 0 Å². The number of nitrogens with zero attached hydrogens (tertiary/aromatic N) is 4. The number of hydrogen-bond acceptors (Lipinski definition) is 3. The summed E-state index contributed by atoms with van der Waals surface area (Å²) in [5, 5.41) is 0. The minimum Gasteiger partial charge on any atom is -0.308 e. The van der Waals surface area contributed by atoms with Gasteiger partial charge in [-0.3, -0.25) is 9.20 Å². The summed E-state index contributed by atoms with van der Waals surface area (Å²) >= 11 is 0. The van der Waals surface area contributed by atoms with Gasteiger partial charge in [0, 0.05) is 25.1 Å². The molecule has 4 aromatic rings. The standard InChI is InChI=1S/C25H28N4O/c1-2-22(30)24-23(19-11-5-3-6-12-19)26-25-28(18-17-27-15-9-4-10-16-27)20-13-7-8-14-21(20)29(24)25/h3,5-8,11-14H,2,4,9-10,15-18H2,1H3. The van der Waals surface area contributed by atoms with E-state index in [1.807, 2.05) is 43.3 Å². The Kier molecular flexibility index (Phi) is 5.13. The molecule has 1 aliphatic rings. The van der Waals surface area contributed by atoms with E-state index >= 15 is 0 Å². The monoisotopic (exact) mass is 400 g/mol. The molecule has 154 valence electrons. The summed E-state index contributed by atoms with van der Waals surface area (Å²) in [6.45, 7) is 6.17. The molecule has 0 bridgehead atoms. The van der Waals surface area contributed by atoms with E-state index in [9.17, 15) is 4.79 Å². The van der Waals surface area contributed by atoms with Crippen LogP contribution < -0.4 is 0 Å². The number of Topliss-reactive ketones (excluding diaryl/α,β-unsaturated/α-hetero) is 1. The molecular weight excluding hydrogens is 372 g/mol. The predicted molar refractivity (Wildman–Crippen MR) is 121 cm³/mol. The minimum atomic E-state index is 0.125. The predicted octanol–water partition coefficient (Wildman–Crippen LogP) is 5.03. The average Bonchev–Trinajstić information content (AvgIpc) is 3.34. The lowest BCUT2D eigenvalue weighted by molar-refractivity contribution is 0.0983. The van der Waals surface area contributed by atoms with Crippen LogP contribution in [0.1, 0.15) is 43.1 Å². The highest BCUT2D eigenvalue weighted by atomic mass is 16.1. The SMILES string of the molecule is CCC(=O)c1c(-c2ccccc2)nc2n(CCN3CCCCC3)c3ccccc3n12. The summed E-state index contributed by atoms with van der Waals surface area (Å²) < 4.78 is 4.38. The van der Waals surface area contributed by atoms with E-state index in [4.69, 9.17) is 4.98 Å². The van der Waals surface area contributed by atoms with E-state index < -0.39 is 0 Å². The molecule has 1 aliphatic heterocycles. The first kappa shape index (κ1) is 19.1. The number of benzene rings is 2. The van der Waals surface area contributed by atoms with Crippen molar-refractivity contribution in [2.24, 2.45) is 0 Å². The van der Waals surface area contributed by atoms with Crippen LogP contribution in [-0.4, -0.2) is 44.3 Å². The number of imidazole rings is 2. The summed E-state index contributed by atoms with van der Waals surface area (Å²) in [6.07, 6.45) is 4.38. The van der Waals surface area contributed by atoms with Crippen LogP contribution in [0.4, 0.5) is 0 Å². The molecule has 5 nitrogen and oxygen atoms in total. The lowest BCUT2D eigenvalue weighted by Crippen LogP contribution is -2.32. The number of fused-ring (bicyclic) bond motifs is 3. The van der Waals surface area contributed by atoms with Gasteiger partial charge in [-0.05, 0) is 38.1 Å². The lowest BCUT2D eigenvalue weighted by atomic mass is 10.1. The van der Waals surface area contributed by atoms with Crippen LogP contribution in [0, 0.1) is 0 Å². The number of rotatable bonds is 6. The van der Waals surface area contributed by atoms with Crippen molar-refractivity contribution >= 4 is 22.6 Å². The van der Waals surface area contributed by atoms with Crippen molar-refractivity contribution in [3.05, 3.63) is 60.3 Å². The second-order valence-corrected chi connectivity index (χ2v) is 8.13. The van der Waals surface area contributed by atoms with Crippen LogP contribution >= 0.6 is 0 Å². The third kappa shape index (κ3) is 3.23. The number of aromatic nitrogens is 3. The smallest absolute Gasteiger partial charge is 0.216 e. The fraction of sp³-hybridized carbons (Fsp3) is 0.360. The molecule has 3 heterocycles. The fourth-order valence-electron chi connectivity index (χ4n) is 4.67. The Bertz CT molecular complexity index is 1180. The average molecular weight is 401 g/mol. The van der Waals surface area contributed by atoms with Crippen molar-refractivity contribution < 1.29 is 4.79 Å². The maximum Gasteiger partial charge on any atom is 0.216 e. The van der Waals surface area contributed by atoms with Gasteiger partial charge in [-0.1, -0.05) is 55.8 Å². The van der Waals surface area contributed by atoms with Gasteiger partial charge in [0.1, 0.15) is 11.4 Å². The van der Waals surface area contributed by atoms with Crippen LogP contribution in [-0.2, 0) is 6.54 Å². The maximum atomic E-state index is 13.1. The number of piperidine rings is 1. The van der Waals surface area contributed by atoms with E-state index in [1.54, 1.807) is 0 Å². The minimum absolute atomic E-state index is 0.125. The zero-order chi connectivity index (χ0) is 20.5. The summed E-state index contributed by atoms with van der Waals surface area (Å²) in [6, 6.07) is 18.4. The molecule has 0 saturated carbocycles. The molecule has 0 radical (unpaired) electrons. The first-order chi connectivity index (χ1) is 14.8. The van der Waals surface area contributed by atoms with Crippen LogP contribution in [0.15, 0.2) is 54.6 Å². The largest absolute Gasteiger partial charge is 0.308 e. The molecule has 0 aliphatic carbocycles. The molecule has 5 rings (SSSR count). The van der Waals surface area contributed by atoms with Crippen molar-refractivity contribution in [3.8, 4) is 11.3 Å². The summed E-state index contributed by atoms with van der Waals surface area (Å²) in [4.78, 5) is 20.7. The van der Waals surface area contributed by atoms with Crippen molar-refractivity contribution in [1.29, 1.82) is 0 Å². The molecule has 30 heavy (non-hydrogen) atoms. The van der Waals surface area contributed by atoms with Crippen molar-refractivity contribution in [3.63, 3.8) is 0 Å². The maximum absolute atomic E-state index is 13.1. The molecule has 1 fully saturated rings. The topological polar surface area (TPSA) is 42.5 Å². The van der Waals surface area contributed by atoms with Crippen molar-refractivity contribution in [2.75, 3.05) is 19.6 Å². The number of ketones is 1. The van der Waals surface area contributed by atoms with E-state index in [1.165, 1.54) is 32.4 Å². The van der Waals surface area contributed by atoms with Gasteiger partial charge in [0.25, 0.3) is 0 Å². The molecule has 0 spiro atoms. The Hall–Kier alpha value is -2.92. The number of likely N-dealkylation sites (tertiary alicyclic amines) is 1. The molecule has 0 N–H and O–H groups in total. The number of carbonyl (C=O) groups excluding carboxylic acids is 1. The quantitative estimate of drug-likeness (QED) is 0.426. The molecule has 2 aromatic heterocycles. The first-order valence-electron chi connectivity index (χ1n) is 11.1. The molecule has 5 heteroatoms. The highest BCUT2D eigenvalue weighted by Crippen LogP contribution is 2.30. The Morgan fingerprint density at radius 3 is 2.33 bits per heavy atom. The highest BCUT2D eigenvalue weighted by molar-refractivity contribution is 6.03. The van der Waals surface area contributed by atoms with Gasteiger partial charge in [-0.2, -0.15) is 0 Å². The number of hydrogen-bond donors (Lipinski definition) is 0. The van der Waals surface area contributed by atoms with Crippen LogP contribution in [0.5, 0.6) is 0 Å². The summed E-state index contributed by atoms with van der Waals surface area (Å²) in [5.74, 6) is 0.990. The lowest BCUT2D eigenvalue weighted by Gasteiger charge is -2.26. The normalized spacial score (nSPS) is 15.2. The molecule has 0 amide bonds. The first-order valence-corrected chi connectivity index (χ1v) is 11.1. The van der Waals surface area contributed by atoms with Gasteiger partial charge in [0.2, 0.25) is 5.78 Å². The van der Waals surface area contributed by atoms with Gasteiger partial charge >= 0.3 is 0 Å². The van der Waals surface area contributed by atoms with E-state index in [2.05, 4.69) is 32.1 Å². The summed E-state index contributed by atoms with van der Waals surface area (Å²) in [5.41, 5.74) is 4.67. The van der Waals surface area contributed by atoms with E-state index in [-0.39, 0.29) is 5.78 Å². The Labute approximate surface area is 176 Å². The van der Waals surface area contributed by atoms with Gasteiger partial charge in [0.15, 0.2) is 5.78 Å². The van der Waals surface area contributed by atoms with Crippen LogP contribution in [0.25, 0.3) is 28.1 Å². The van der Waals surface area contributed by atoms with Gasteiger partial charge in [0.05, 0.1) is 11.0 Å². The molecule has 2 aromatic carbocycles. The Morgan fingerprint density at radius 2 is 1.60 bits per heavy atom.